The molecule has 3 aliphatic rings. The number of benzene rings is 1. The van der Waals surface area contributed by atoms with Gasteiger partial charge in [0, 0.05) is 24.2 Å². The lowest BCUT2D eigenvalue weighted by Gasteiger charge is -2.63. The molecule has 2 fully saturated rings. The van der Waals surface area contributed by atoms with E-state index in [2.05, 4.69) is 6.07 Å². The quantitative estimate of drug-likeness (QED) is 0.583. The van der Waals surface area contributed by atoms with Crippen LogP contribution in [0.2, 0.25) is 0 Å². The summed E-state index contributed by atoms with van der Waals surface area (Å²) in [6.45, 7) is 0.732. The normalized spacial score (nSPS) is 42.7. The molecule has 1 saturated carbocycles. The van der Waals surface area contributed by atoms with Gasteiger partial charge in [0.1, 0.15) is 5.75 Å². The van der Waals surface area contributed by atoms with Gasteiger partial charge < -0.3 is 15.0 Å². The van der Waals surface area contributed by atoms with Crippen LogP contribution in [0.5, 0.6) is 5.75 Å². The SMILES string of the molecule is C[N+]1([O-])CCC23CCCCC2C1Cc1ccc(O)cc13. The smallest absolute Gasteiger partial charge is 0.115 e. The predicted molar refractivity (Wildman–Crippen MR) is 78.3 cm³/mol. The maximum Gasteiger partial charge on any atom is 0.115 e. The predicted octanol–water partition coefficient (Wildman–Crippen LogP) is 3.09. The molecule has 4 rings (SSSR count). The lowest BCUT2D eigenvalue weighted by Crippen LogP contribution is -2.66. The summed E-state index contributed by atoms with van der Waals surface area (Å²) in [5.41, 5.74) is 2.85. The Balaban J connectivity index is 1.92. The fourth-order valence-electron chi connectivity index (χ4n) is 5.34. The number of piperidine rings is 1. The second kappa shape index (κ2) is 3.99. The average molecular weight is 273 g/mol. The summed E-state index contributed by atoms with van der Waals surface area (Å²) >= 11 is 0. The van der Waals surface area contributed by atoms with Gasteiger partial charge in [-0.15, -0.1) is 0 Å². The first-order valence-electron chi connectivity index (χ1n) is 7.92. The van der Waals surface area contributed by atoms with Crippen molar-refractivity contribution in [3.63, 3.8) is 0 Å². The Morgan fingerprint density at radius 1 is 1.30 bits per heavy atom. The number of nitrogens with zero attached hydrogens (tertiary/aromatic N) is 1. The van der Waals surface area contributed by atoms with Crippen molar-refractivity contribution in [2.75, 3.05) is 13.6 Å². The van der Waals surface area contributed by atoms with E-state index in [4.69, 9.17) is 0 Å². The van der Waals surface area contributed by atoms with E-state index in [1.807, 2.05) is 13.1 Å². The summed E-state index contributed by atoms with van der Waals surface area (Å²) in [7, 11) is 1.87. The molecule has 4 atom stereocenters. The van der Waals surface area contributed by atoms with Gasteiger partial charge in [0.2, 0.25) is 0 Å². The van der Waals surface area contributed by atoms with E-state index in [1.54, 1.807) is 6.07 Å². The van der Waals surface area contributed by atoms with E-state index < -0.39 is 0 Å². The molecule has 3 heteroatoms. The van der Waals surface area contributed by atoms with Gasteiger partial charge in [0.25, 0.3) is 0 Å². The van der Waals surface area contributed by atoms with E-state index >= 15 is 0 Å². The number of hydrogen-bond donors (Lipinski definition) is 1. The molecule has 1 aliphatic heterocycles. The van der Waals surface area contributed by atoms with Crippen molar-refractivity contribution in [3.8, 4) is 5.75 Å². The summed E-state index contributed by atoms with van der Waals surface area (Å²) in [6.07, 6.45) is 6.80. The van der Waals surface area contributed by atoms with Gasteiger partial charge in [-0.2, -0.15) is 0 Å². The largest absolute Gasteiger partial charge is 0.633 e. The molecule has 4 unspecified atom stereocenters. The van der Waals surface area contributed by atoms with Gasteiger partial charge in [-0.3, -0.25) is 0 Å². The van der Waals surface area contributed by atoms with Gasteiger partial charge in [-0.25, -0.2) is 0 Å². The maximum atomic E-state index is 12.9. The molecule has 0 amide bonds. The monoisotopic (exact) mass is 273 g/mol. The highest BCUT2D eigenvalue weighted by Crippen LogP contribution is 2.57. The number of fused-ring (bicyclic) bond motifs is 1. The first-order valence-corrected chi connectivity index (χ1v) is 7.92. The summed E-state index contributed by atoms with van der Waals surface area (Å²) in [6, 6.07) is 6.05. The van der Waals surface area contributed by atoms with Crippen molar-refractivity contribution < 1.29 is 9.75 Å². The number of phenolic OH excluding ortho intramolecular Hbond substituents is 1. The fraction of sp³-hybridized carbons (Fsp3) is 0.647. The highest BCUT2D eigenvalue weighted by Gasteiger charge is 2.57. The molecule has 1 aromatic carbocycles. The summed E-state index contributed by atoms with van der Waals surface area (Å²) in [5.74, 6) is 0.896. The van der Waals surface area contributed by atoms with Gasteiger partial charge in [0.05, 0.1) is 19.6 Å². The number of phenols is 1. The summed E-state index contributed by atoms with van der Waals surface area (Å²) in [4.78, 5) is 0. The van der Waals surface area contributed by atoms with Crippen LogP contribution in [-0.4, -0.2) is 29.4 Å². The average Bonchev–Trinajstić information content (AvgIpc) is 2.44. The third-order valence-electron chi connectivity index (χ3n) is 6.32. The molecule has 0 spiro atoms. The second-order valence-electron chi connectivity index (χ2n) is 7.27. The number of likely N-dealkylation sites (tertiary alicyclic amines) is 1. The van der Waals surface area contributed by atoms with Crippen LogP contribution in [0.3, 0.4) is 0 Å². The molecule has 108 valence electrons. The van der Waals surface area contributed by atoms with E-state index in [0.717, 1.165) is 19.4 Å². The van der Waals surface area contributed by atoms with Crippen molar-refractivity contribution in [3.05, 3.63) is 34.5 Å². The van der Waals surface area contributed by atoms with E-state index in [0.29, 0.717) is 11.7 Å². The van der Waals surface area contributed by atoms with Crippen molar-refractivity contribution >= 4 is 0 Å². The van der Waals surface area contributed by atoms with Gasteiger partial charge in [-0.1, -0.05) is 18.9 Å². The van der Waals surface area contributed by atoms with E-state index in [1.165, 1.54) is 36.8 Å². The fourth-order valence-corrected chi connectivity index (χ4v) is 5.34. The Bertz CT molecular complexity index is 554. The molecule has 3 nitrogen and oxygen atoms in total. The highest BCUT2D eigenvalue weighted by atomic mass is 16.5. The molecule has 1 N–H and O–H groups in total. The molecule has 0 aromatic heterocycles. The molecular formula is C17H23NO2. The van der Waals surface area contributed by atoms with Crippen LogP contribution >= 0.6 is 0 Å². The zero-order chi connectivity index (χ0) is 14.0. The van der Waals surface area contributed by atoms with Crippen LogP contribution in [0, 0.1) is 11.1 Å². The standard InChI is InChI=1S/C17H23NO2/c1-18(20)9-8-17-7-3-2-4-14(17)16(18)10-12-5-6-13(19)11-15(12)17/h5-6,11,14,16,19H,2-4,7-10H2,1H3. The number of aromatic hydroxyl groups is 1. The van der Waals surface area contributed by atoms with Crippen molar-refractivity contribution in [1.29, 1.82) is 0 Å². The number of hydrogen-bond acceptors (Lipinski definition) is 2. The number of likely N-dealkylation sites (N-methyl/N-ethyl adjacent to an activating group) is 1. The maximum absolute atomic E-state index is 12.9. The molecular weight excluding hydrogens is 250 g/mol. The minimum Gasteiger partial charge on any atom is -0.633 e. The second-order valence-corrected chi connectivity index (χ2v) is 7.27. The third-order valence-corrected chi connectivity index (χ3v) is 6.32. The van der Waals surface area contributed by atoms with Crippen LogP contribution in [0.4, 0.5) is 0 Å². The topological polar surface area (TPSA) is 43.3 Å². The van der Waals surface area contributed by atoms with Crippen molar-refractivity contribution in [2.45, 2.75) is 50.0 Å². The molecule has 2 bridgehead atoms. The summed E-state index contributed by atoms with van der Waals surface area (Å²) < 4.78 is -0.0628. The molecule has 1 saturated heterocycles. The molecule has 2 aliphatic carbocycles. The van der Waals surface area contributed by atoms with E-state index in [9.17, 15) is 10.3 Å². The van der Waals surface area contributed by atoms with Crippen LogP contribution < -0.4 is 0 Å². The Morgan fingerprint density at radius 2 is 2.15 bits per heavy atom. The van der Waals surface area contributed by atoms with E-state index in [-0.39, 0.29) is 16.1 Å². The van der Waals surface area contributed by atoms with Crippen LogP contribution in [0.15, 0.2) is 18.2 Å². The van der Waals surface area contributed by atoms with Gasteiger partial charge in [0.15, 0.2) is 0 Å². The summed E-state index contributed by atoms with van der Waals surface area (Å²) in [5, 5.41) is 22.8. The molecule has 1 aromatic rings. The van der Waals surface area contributed by atoms with Crippen molar-refractivity contribution in [2.24, 2.45) is 5.92 Å². The molecule has 20 heavy (non-hydrogen) atoms. The van der Waals surface area contributed by atoms with Crippen LogP contribution in [0.1, 0.15) is 43.2 Å². The zero-order valence-corrected chi connectivity index (χ0v) is 12.1. The minimum absolute atomic E-state index is 0.0628. The number of rotatable bonds is 0. The van der Waals surface area contributed by atoms with Crippen LogP contribution in [-0.2, 0) is 11.8 Å². The number of quaternary nitrogens is 1. The first kappa shape index (κ1) is 12.7. The third kappa shape index (κ3) is 1.54. The Kier molecular flexibility index (Phi) is 2.52. The van der Waals surface area contributed by atoms with Crippen molar-refractivity contribution in [1.82, 2.24) is 0 Å². The Hall–Kier alpha value is -1.06. The lowest BCUT2D eigenvalue weighted by atomic mass is 9.52. The van der Waals surface area contributed by atoms with Crippen LogP contribution in [0.25, 0.3) is 0 Å². The number of hydroxylamine groups is 3. The zero-order valence-electron chi connectivity index (χ0n) is 12.1. The minimum atomic E-state index is -0.0628. The van der Waals surface area contributed by atoms with Gasteiger partial charge in [-0.05, 0) is 36.1 Å². The first-order chi connectivity index (χ1) is 9.53. The molecule has 1 heterocycles. The molecule has 0 radical (unpaired) electrons. The Morgan fingerprint density at radius 3 is 3.00 bits per heavy atom. The lowest BCUT2D eigenvalue weighted by molar-refractivity contribution is -0.899. The highest BCUT2D eigenvalue weighted by molar-refractivity contribution is 5.44. The Labute approximate surface area is 120 Å². The van der Waals surface area contributed by atoms with Gasteiger partial charge >= 0.3 is 0 Å².